The Kier molecular flexibility index (Phi) is 7.55. The Labute approximate surface area is 239 Å². The van der Waals surface area contributed by atoms with Crippen LogP contribution in [0.5, 0.6) is 5.75 Å². The third-order valence-electron chi connectivity index (χ3n) is 9.35. The first-order chi connectivity index (χ1) is 19.3. The summed E-state index contributed by atoms with van der Waals surface area (Å²) in [5, 5.41) is 45.3. The second-order valence-electron chi connectivity index (χ2n) is 12.4. The molecule has 9 nitrogen and oxygen atoms in total. The maximum absolute atomic E-state index is 16.1. The molecule has 0 bridgehead atoms. The normalized spacial score (nSPS) is 27.8. The zero-order valence-corrected chi connectivity index (χ0v) is 23.9. The summed E-state index contributed by atoms with van der Waals surface area (Å²) in [5.41, 5.74) is 2.53. The van der Waals surface area contributed by atoms with Gasteiger partial charge in [0.25, 0.3) is 5.91 Å². The maximum atomic E-state index is 16.1. The quantitative estimate of drug-likeness (QED) is 0.305. The molecule has 0 aliphatic heterocycles. The number of phenolic OH excluding ortho intramolecular Hbond substituents is 1. The number of carbonyl (C=O) groups excluding carboxylic acids is 2. The van der Waals surface area contributed by atoms with Crippen molar-refractivity contribution in [3.63, 3.8) is 0 Å². The first kappa shape index (κ1) is 29.3. The highest BCUT2D eigenvalue weighted by atomic mass is 19.1. The van der Waals surface area contributed by atoms with Crippen LogP contribution in [0, 0.1) is 23.6 Å². The summed E-state index contributed by atoms with van der Waals surface area (Å²) in [7, 11) is 3.26. The molecular formula is C31H40FN3O6. The van der Waals surface area contributed by atoms with E-state index in [2.05, 4.69) is 18.4 Å². The van der Waals surface area contributed by atoms with Crippen molar-refractivity contribution >= 4 is 17.4 Å². The van der Waals surface area contributed by atoms with Gasteiger partial charge >= 0.3 is 0 Å². The highest BCUT2D eigenvalue weighted by Crippen LogP contribution is 2.54. The van der Waals surface area contributed by atoms with Gasteiger partial charge in [-0.2, -0.15) is 0 Å². The number of nitrogens with two attached hydrogens (primary N) is 1. The lowest BCUT2D eigenvalue weighted by Crippen LogP contribution is -2.63. The SMILES string of the molecule is C=C1C(C(N)=O)=C(O)[C@@H](N(C)C)[C@@H]2C[C@@H]3Cc4c(F)c(CN(CCCC)CC5CC5)cc(O)c4C(O)=C3C(=O)[C@]12O. The number of hydrogen-bond donors (Lipinski definition) is 5. The van der Waals surface area contributed by atoms with Crippen molar-refractivity contribution < 1.29 is 34.4 Å². The first-order valence-corrected chi connectivity index (χ1v) is 14.4. The van der Waals surface area contributed by atoms with E-state index in [0.717, 1.165) is 38.8 Å². The van der Waals surface area contributed by atoms with Crippen LogP contribution in [-0.4, -0.2) is 80.7 Å². The van der Waals surface area contributed by atoms with E-state index in [1.807, 2.05) is 0 Å². The number of amides is 1. The van der Waals surface area contributed by atoms with Gasteiger partial charge < -0.3 is 26.2 Å². The number of unbranched alkanes of at least 4 members (excludes halogenated alkanes) is 1. The standard InChI is InChI=1S/C31H40FN3O6/c1-5-6-9-35(13-16-7-8-16)14-18-12-21(36)24-19(25(18)32)10-17-11-20-26(34(3)4)28(38)22(30(33)40)15(2)31(20,41)29(39)23(17)27(24)37/h12,16-17,20,26,36-38,41H,2,5-11,13-14H2,1,3-4H3,(H2,33,40)/t17-,20-,26-,31-/m0/s1. The van der Waals surface area contributed by atoms with Gasteiger partial charge in [0, 0.05) is 41.3 Å². The third kappa shape index (κ3) is 4.66. The van der Waals surface area contributed by atoms with Gasteiger partial charge in [0.05, 0.1) is 17.2 Å². The van der Waals surface area contributed by atoms with Crippen LogP contribution in [0.25, 0.3) is 5.76 Å². The van der Waals surface area contributed by atoms with Crippen LogP contribution in [0.15, 0.2) is 35.1 Å². The molecular weight excluding hydrogens is 529 g/mol. The fourth-order valence-corrected chi connectivity index (χ4v) is 7.16. The summed E-state index contributed by atoms with van der Waals surface area (Å²) < 4.78 is 16.1. The average Bonchev–Trinajstić information content (AvgIpc) is 3.71. The lowest BCUT2D eigenvalue weighted by molar-refractivity contribution is -0.143. The fraction of sp³-hybridized carbons (Fsp3) is 0.548. The number of aliphatic hydroxyl groups excluding tert-OH is 2. The van der Waals surface area contributed by atoms with Crippen LogP contribution < -0.4 is 5.73 Å². The number of Topliss-reactive ketones (excluding diaryl/α,β-unsaturated/α-hetero) is 1. The summed E-state index contributed by atoms with van der Waals surface area (Å²) in [6, 6.07) is 0.358. The summed E-state index contributed by atoms with van der Waals surface area (Å²) in [6.45, 7) is 7.87. The number of phenols is 1. The molecule has 0 unspecified atom stereocenters. The molecule has 4 aliphatic rings. The predicted molar refractivity (Wildman–Crippen MR) is 151 cm³/mol. The van der Waals surface area contributed by atoms with Gasteiger partial charge in [-0.05, 0) is 70.6 Å². The first-order valence-electron chi connectivity index (χ1n) is 14.4. The number of carbonyl (C=O) groups is 2. The Balaban J connectivity index is 1.58. The minimum absolute atomic E-state index is 0.0116. The number of aliphatic hydroxyl groups is 3. The van der Waals surface area contributed by atoms with Gasteiger partial charge in [0.15, 0.2) is 11.4 Å². The molecule has 41 heavy (non-hydrogen) atoms. The molecule has 2 fully saturated rings. The molecule has 222 valence electrons. The zero-order chi connectivity index (χ0) is 30.0. The fourth-order valence-electron chi connectivity index (χ4n) is 7.16. The topological polar surface area (TPSA) is 148 Å². The molecule has 4 aliphatic carbocycles. The van der Waals surface area contributed by atoms with E-state index in [4.69, 9.17) is 5.73 Å². The lowest BCUT2D eigenvalue weighted by atomic mass is 9.56. The molecule has 1 aromatic rings. The minimum atomic E-state index is -2.35. The van der Waals surface area contributed by atoms with Crippen molar-refractivity contribution in [1.82, 2.24) is 9.80 Å². The predicted octanol–water partition coefficient (Wildman–Crippen LogP) is 3.10. The average molecular weight is 570 g/mol. The van der Waals surface area contributed by atoms with Gasteiger partial charge in [-0.15, -0.1) is 0 Å². The van der Waals surface area contributed by atoms with Crippen LogP contribution in [0.2, 0.25) is 0 Å². The Morgan fingerprint density at radius 1 is 1.24 bits per heavy atom. The Bertz CT molecular complexity index is 1380. The van der Waals surface area contributed by atoms with Gasteiger partial charge in [-0.1, -0.05) is 19.9 Å². The van der Waals surface area contributed by atoms with E-state index in [0.29, 0.717) is 18.0 Å². The molecule has 0 radical (unpaired) electrons. The van der Waals surface area contributed by atoms with E-state index < -0.39 is 58.1 Å². The number of likely N-dealkylation sites (N-methyl/N-ethyl adjacent to an activating group) is 1. The van der Waals surface area contributed by atoms with Crippen molar-refractivity contribution in [2.45, 2.75) is 63.6 Å². The van der Waals surface area contributed by atoms with E-state index >= 15 is 4.39 Å². The second-order valence-corrected chi connectivity index (χ2v) is 12.4. The number of halogens is 1. The molecule has 6 N–H and O–H groups in total. The van der Waals surface area contributed by atoms with Gasteiger partial charge in [0.1, 0.15) is 23.1 Å². The Morgan fingerprint density at radius 2 is 1.93 bits per heavy atom. The summed E-state index contributed by atoms with van der Waals surface area (Å²) in [4.78, 5) is 30.1. The number of nitrogens with zero attached hydrogens (tertiary/aromatic N) is 2. The number of fused-ring (bicyclic) bond motifs is 3. The van der Waals surface area contributed by atoms with Gasteiger partial charge in [0.2, 0.25) is 0 Å². The lowest BCUT2D eigenvalue weighted by Gasteiger charge is -2.52. The van der Waals surface area contributed by atoms with Crippen molar-refractivity contribution in [1.29, 1.82) is 0 Å². The molecule has 1 amide bonds. The van der Waals surface area contributed by atoms with Crippen molar-refractivity contribution in [3.05, 3.63) is 57.6 Å². The molecule has 0 aromatic heterocycles. The van der Waals surface area contributed by atoms with Crippen LogP contribution in [0.4, 0.5) is 4.39 Å². The largest absolute Gasteiger partial charge is 0.510 e. The van der Waals surface area contributed by atoms with Crippen LogP contribution >= 0.6 is 0 Å². The molecule has 4 atom stereocenters. The smallest absolute Gasteiger partial charge is 0.252 e. The molecule has 5 rings (SSSR count). The van der Waals surface area contributed by atoms with Crippen molar-refractivity contribution in [3.8, 4) is 5.75 Å². The number of primary amides is 1. The summed E-state index contributed by atoms with van der Waals surface area (Å²) in [6.07, 6.45) is 4.40. The zero-order valence-electron chi connectivity index (χ0n) is 23.9. The van der Waals surface area contributed by atoms with E-state index in [9.17, 15) is 30.0 Å². The molecule has 0 heterocycles. The Hall–Kier alpha value is -3.21. The number of rotatable bonds is 9. The third-order valence-corrected chi connectivity index (χ3v) is 9.35. The van der Waals surface area contributed by atoms with Crippen molar-refractivity contribution in [2.75, 3.05) is 27.2 Å². The van der Waals surface area contributed by atoms with E-state index in [1.54, 1.807) is 19.0 Å². The summed E-state index contributed by atoms with van der Waals surface area (Å²) >= 11 is 0. The second kappa shape index (κ2) is 10.6. The molecule has 0 saturated heterocycles. The highest BCUT2D eigenvalue weighted by molar-refractivity contribution is 6.13. The number of benzene rings is 1. The number of aromatic hydroxyl groups is 1. The van der Waals surface area contributed by atoms with E-state index in [1.165, 1.54) is 6.07 Å². The number of ketones is 1. The number of hydrogen-bond acceptors (Lipinski definition) is 8. The Morgan fingerprint density at radius 3 is 2.51 bits per heavy atom. The molecule has 2 saturated carbocycles. The molecule has 0 spiro atoms. The van der Waals surface area contributed by atoms with Crippen LogP contribution in [0.3, 0.4) is 0 Å². The van der Waals surface area contributed by atoms with E-state index in [-0.39, 0.29) is 40.9 Å². The van der Waals surface area contributed by atoms with Gasteiger partial charge in [-0.25, -0.2) is 4.39 Å². The van der Waals surface area contributed by atoms with Gasteiger partial charge in [-0.3, -0.25) is 19.4 Å². The highest BCUT2D eigenvalue weighted by Gasteiger charge is 2.62. The molecule has 1 aromatic carbocycles. The maximum Gasteiger partial charge on any atom is 0.252 e. The molecule has 10 heteroatoms. The summed E-state index contributed by atoms with van der Waals surface area (Å²) in [5.74, 6) is -4.84. The van der Waals surface area contributed by atoms with Crippen molar-refractivity contribution in [2.24, 2.45) is 23.5 Å². The monoisotopic (exact) mass is 569 g/mol. The van der Waals surface area contributed by atoms with Crippen LogP contribution in [0.1, 0.15) is 55.7 Å². The minimum Gasteiger partial charge on any atom is -0.510 e. The van der Waals surface area contributed by atoms with Crippen LogP contribution in [-0.2, 0) is 22.6 Å².